The summed E-state index contributed by atoms with van der Waals surface area (Å²) < 4.78 is 6.82. The zero-order valence-electron chi connectivity index (χ0n) is 11.1. The molecule has 0 saturated heterocycles. The number of nitrogens with one attached hydrogen (secondary N) is 1. The summed E-state index contributed by atoms with van der Waals surface area (Å²) in [6, 6.07) is 0. The molecule has 1 N–H and O–H groups in total. The molecule has 0 bridgehead atoms. The molecule has 0 radical (unpaired) electrons. The number of nitrogens with zero attached hydrogens (tertiary/aromatic N) is 2. The van der Waals surface area contributed by atoms with Gasteiger partial charge in [-0.1, -0.05) is 11.6 Å². The Labute approximate surface area is 112 Å². The molecule has 1 heterocycles. The lowest BCUT2D eigenvalue weighted by molar-refractivity contribution is 0.0934. The van der Waals surface area contributed by atoms with Crippen molar-refractivity contribution >= 4 is 17.5 Å². The summed E-state index contributed by atoms with van der Waals surface area (Å²) >= 11 is 6.08. The fourth-order valence-corrected chi connectivity index (χ4v) is 1.83. The molecular weight excluding hydrogens is 254 g/mol. The van der Waals surface area contributed by atoms with E-state index in [0.717, 1.165) is 6.42 Å². The van der Waals surface area contributed by atoms with Gasteiger partial charge < -0.3 is 10.1 Å². The van der Waals surface area contributed by atoms with Gasteiger partial charge in [-0.15, -0.1) is 0 Å². The van der Waals surface area contributed by atoms with Crippen LogP contribution in [0.2, 0.25) is 5.02 Å². The largest absolute Gasteiger partial charge is 0.382 e. The maximum Gasteiger partial charge on any atom is 0.271 e. The van der Waals surface area contributed by atoms with E-state index in [1.807, 2.05) is 13.8 Å². The van der Waals surface area contributed by atoms with Gasteiger partial charge in [0.25, 0.3) is 5.91 Å². The average molecular weight is 274 g/mol. The lowest BCUT2D eigenvalue weighted by atomic mass is 10.3. The number of ether oxygens (including phenoxy) is 1. The topological polar surface area (TPSA) is 56.1 Å². The number of aryl methyl sites for hydroxylation is 2. The van der Waals surface area contributed by atoms with Crippen LogP contribution in [0.1, 0.15) is 36.5 Å². The van der Waals surface area contributed by atoms with Gasteiger partial charge >= 0.3 is 0 Å². The summed E-state index contributed by atoms with van der Waals surface area (Å²) in [6.45, 7) is 8.20. The Balaban J connectivity index is 2.56. The molecule has 18 heavy (non-hydrogen) atoms. The summed E-state index contributed by atoms with van der Waals surface area (Å²) in [6.07, 6.45) is 0.788. The minimum atomic E-state index is -0.182. The minimum Gasteiger partial charge on any atom is -0.382 e. The predicted molar refractivity (Wildman–Crippen MR) is 71.1 cm³/mol. The second kappa shape index (κ2) is 7.38. The van der Waals surface area contributed by atoms with Gasteiger partial charge in [0.15, 0.2) is 0 Å². The molecule has 0 atom stereocenters. The number of carbonyl (C=O) groups is 1. The molecule has 0 saturated carbocycles. The summed E-state index contributed by atoms with van der Waals surface area (Å²) in [7, 11) is 0. The number of halogens is 1. The van der Waals surface area contributed by atoms with Crippen LogP contribution in [-0.4, -0.2) is 35.4 Å². The van der Waals surface area contributed by atoms with E-state index in [4.69, 9.17) is 16.3 Å². The van der Waals surface area contributed by atoms with E-state index < -0.39 is 0 Å². The van der Waals surface area contributed by atoms with Crippen molar-refractivity contribution in [2.75, 3.05) is 19.8 Å². The molecule has 0 fully saturated rings. The third kappa shape index (κ3) is 3.71. The van der Waals surface area contributed by atoms with E-state index in [9.17, 15) is 4.79 Å². The molecule has 0 spiro atoms. The minimum absolute atomic E-state index is 0.182. The van der Waals surface area contributed by atoms with Crippen LogP contribution in [-0.2, 0) is 11.3 Å². The number of aromatic nitrogens is 2. The second-order valence-corrected chi connectivity index (χ2v) is 4.25. The molecular formula is C12H20ClN3O2. The van der Waals surface area contributed by atoms with Gasteiger partial charge in [0.05, 0.1) is 10.7 Å². The Morgan fingerprint density at radius 1 is 1.50 bits per heavy atom. The number of hydrogen-bond donors (Lipinski definition) is 1. The monoisotopic (exact) mass is 273 g/mol. The SMILES string of the molecule is CCOCCCNC(=O)c1c(Cl)c(C)nn1CC. The molecule has 1 aromatic heterocycles. The molecule has 0 aliphatic heterocycles. The summed E-state index contributed by atoms with van der Waals surface area (Å²) in [5, 5.41) is 7.46. The molecule has 0 unspecified atom stereocenters. The Hall–Kier alpha value is -1.07. The highest BCUT2D eigenvalue weighted by Crippen LogP contribution is 2.19. The van der Waals surface area contributed by atoms with E-state index in [1.165, 1.54) is 0 Å². The van der Waals surface area contributed by atoms with Crippen LogP contribution in [0.15, 0.2) is 0 Å². The lowest BCUT2D eigenvalue weighted by Gasteiger charge is -2.07. The molecule has 1 rings (SSSR count). The van der Waals surface area contributed by atoms with Gasteiger partial charge in [-0.2, -0.15) is 5.10 Å². The number of rotatable bonds is 7. The van der Waals surface area contributed by atoms with Gasteiger partial charge in [0.2, 0.25) is 0 Å². The van der Waals surface area contributed by atoms with Crippen molar-refractivity contribution in [1.29, 1.82) is 0 Å². The second-order valence-electron chi connectivity index (χ2n) is 3.87. The fraction of sp³-hybridized carbons (Fsp3) is 0.667. The van der Waals surface area contributed by atoms with E-state index in [-0.39, 0.29) is 5.91 Å². The lowest BCUT2D eigenvalue weighted by Crippen LogP contribution is -2.28. The zero-order valence-corrected chi connectivity index (χ0v) is 11.9. The van der Waals surface area contributed by atoms with E-state index in [0.29, 0.717) is 42.7 Å². The molecule has 6 heteroatoms. The maximum atomic E-state index is 12.0. The zero-order chi connectivity index (χ0) is 13.5. The fourth-order valence-electron chi connectivity index (χ4n) is 1.61. The number of hydrogen-bond acceptors (Lipinski definition) is 3. The quantitative estimate of drug-likeness (QED) is 0.774. The van der Waals surface area contributed by atoms with Gasteiger partial charge in [-0.05, 0) is 27.2 Å². The van der Waals surface area contributed by atoms with Crippen LogP contribution >= 0.6 is 11.6 Å². The highest BCUT2D eigenvalue weighted by Gasteiger charge is 2.19. The van der Waals surface area contributed by atoms with Crippen molar-refractivity contribution in [3.63, 3.8) is 0 Å². The van der Waals surface area contributed by atoms with Crippen LogP contribution in [0.4, 0.5) is 0 Å². The molecule has 1 aromatic rings. The van der Waals surface area contributed by atoms with Crippen molar-refractivity contribution in [2.24, 2.45) is 0 Å². The van der Waals surface area contributed by atoms with Gasteiger partial charge in [0.1, 0.15) is 5.69 Å². The predicted octanol–water partition coefficient (Wildman–Crippen LogP) is 2.02. The standard InChI is InChI=1S/C12H20ClN3O2/c1-4-16-11(10(13)9(3)15-16)12(17)14-7-6-8-18-5-2/h4-8H2,1-3H3,(H,14,17). The van der Waals surface area contributed by atoms with Crippen molar-refractivity contribution in [1.82, 2.24) is 15.1 Å². The Bertz CT molecular complexity index is 404. The first-order valence-electron chi connectivity index (χ1n) is 6.20. The molecule has 0 aliphatic carbocycles. The molecule has 0 aliphatic rings. The van der Waals surface area contributed by atoms with E-state index in [1.54, 1.807) is 11.6 Å². The van der Waals surface area contributed by atoms with Gasteiger partial charge in [-0.3, -0.25) is 9.48 Å². The number of carbonyl (C=O) groups excluding carboxylic acids is 1. The smallest absolute Gasteiger partial charge is 0.271 e. The molecule has 0 aromatic carbocycles. The van der Waals surface area contributed by atoms with Crippen LogP contribution < -0.4 is 5.32 Å². The van der Waals surface area contributed by atoms with Crippen molar-refractivity contribution in [3.05, 3.63) is 16.4 Å². The summed E-state index contributed by atoms with van der Waals surface area (Å²) in [5.74, 6) is -0.182. The summed E-state index contributed by atoms with van der Waals surface area (Å²) in [4.78, 5) is 12.0. The number of amides is 1. The van der Waals surface area contributed by atoms with Gasteiger partial charge in [0, 0.05) is 26.3 Å². The van der Waals surface area contributed by atoms with Crippen molar-refractivity contribution in [3.8, 4) is 0 Å². The third-order valence-corrected chi connectivity index (χ3v) is 2.98. The highest BCUT2D eigenvalue weighted by atomic mass is 35.5. The van der Waals surface area contributed by atoms with Gasteiger partial charge in [-0.25, -0.2) is 0 Å². The van der Waals surface area contributed by atoms with Crippen LogP contribution in [0.5, 0.6) is 0 Å². The van der Waals surface area contributed by atoms with E-state index in [2.05, 4.69) is 10.4 Å². The average Bonchev–Trinajstić information content (AvgIpc) is 2.65. The Morgan fingerprint density at radius 2 is 2.22 bits per heavy atom. The first kappa shape index (κ1) is 15.0. The Morgan fingerprint density at radius 3 is 2.83 bits per heavy atom. The van der Waals surface area contributed by atoms with Crippen molar-refractivity contribution in [2.45, 2.75) is 33.7 Å². The normalized spacial score (nSPS) is 10.7. The van der Waals surface area contributed by atoms with Crippen LogP contribution in [0.3, 0.4) is 0 Å². The van der Waals surface area contributed by atoms with Crippen LogP contribution in [0.25, 0.3) is 0 Å². The summed E-state index contributed by atoms with van der Waals surface area (Å²) in [5.41, 5.74) is 1.12. The third-order valence-electron chi connectivity index (χ3n) is 2.52. The molecule has 102 valence electrons. The first-order valence-corrected chi connectivity index (χ1v) is 6.58. The first-order chi connectivity index (χ1) is 8.61. The van der Waals surface area contributed by atoms with Crippen molar-refractivity contribution < 1.29 is 9.53 Å². The van der Waals surface area contributed by atoms with Crippen LogP contribution in [0, 0.1) is 6.92 Å². The maximum absolute atomic E-state index is 12.0. The highest BCUT2D eigenvalue weighted by molar-refractivity contribution is 6.34. The Kier molecular flexibility index (Phi) is 6.15. The molecule has 1 amide bonds. The molecule has 5 nitrogen and oxygen atoms in total. The van der Waals surface area contributed by atoms with E-state index >= 15 is 0 Å².